The normalized spacial score (nSPS) is 13.8. The average molecular weight is 361 g/mol. The summed E-state index contributed by atoms with van der Waals surface area (Å²) in [7, 11) is 0. The first kappa shape index (κ1) is 17.7. The van der Waals surface area contributed by atoms with Gasteiger partial charge in [-0.05, 0) is 58.2 Å². The molecular weight excluding hydrogens is 340 g/mol. The lowest BCUT2D eigenvalue weighted by atomic mass is 10.1. The topological polar surface area (TPSA) is 61.2 Å². The van der Waals surface area contributed by atoms with Gasteiger partial charge in [-0.2, -0.15) is 0 Å². The molecule has 2 heterocycles. The maximum Gasteiger partial charge on any atom is 0.342 e. The fourth-order valence-corrected chi connectivity index (χ4v) is 3.63. The molecule has 0 spiro atoms. The third kappa shape index (κ3) is 3.47. The fraction of sp³-hybridized carbons (Fsp3) is 0.421. The van der Waals surface area contributed by atoms with Crippen LogP contribution in [-0.2, 0) is 4.74 Å². The van der Waals surface area contributed by atoms with Gasteiger partial charge in [0.2, 0.25) is 5.78 Å². The molecule has 2 aromatic rings. The number of ketones is 1. The molecule has 1 fully saturated rings. The number of hydrogen-bond donors (Lipinski definition) is 0. The Kier molecular flexibility index (Phi) is 4.69. The van der Waals surface area contributed by atoms with Gasteiger partial charge in [0.15, 0.2) is 6.61 Å². The standard InChI is InChI=1S/C19H21ClN2O3/c1-10-7-11(2)21-18(20)17(10)19(24)25-9-16(23)15-8-12(3)22(13(15)4)14-5-6-14/h7-8,14H,5-6,9H2,1-4H3. The monoisotopic (exact) mass is 360 g/mol. The second-order valence-corrected chi connectivity index (χ2v) is 6.99. The van der Waals surface area contributed by atoms with Crippen LogP contribution in [0.5, 0.6) is 0 Å². The van der Waals surface area contributed by atoms with Crippen LogP contribution in [-0.4, -0.2) is 27.9 Å². The molecule has 3 rings (SSSR count). The Labute approximate surface area is 152 Å². The van der Waals surface area contributed by atoms with Gasteiger partial charge in [0.25, 0.3) is 0 Å². The second kappa shape index (κ2) is 6.64. The molecule has 25 heavy (non-hydrogen) atoms. The second-order valence-electron chi connectivity index (χ2n) is 6.63. The number of nitrogens with zero attached hydrogens (tertiary/aromatic N) is 2. The first-order valence-electron chi connectivity index (χ1n) is 8.32. The van der Waals surface area contributed by atoms with Crippen LogP contribution in [0.1, 0.15) is 62.2 Å². The summed E-state index contributed by atoms with van der Waals surface area (Å²) in [5, 5.41) is 0.0989. The molecule has 132 valence electrons. The van der Waals surface area contributed by atoms with Crippen LogP contribution in [0.3, 0.4) is 0 Å². The molecule has 0 aromatic carbocycles. The summed E-state index contributed by atoms with van der Waals surface area (Å²) in [6.45, 7) is 7.19. The van der Waals surface area contributed by atoms with E-state index >= 15 is 0 Å². The van der Waals surface area contributed by atoms with E-state index in [0.717, 1.165) is 29.9 Å². The van der Waals surface area contributed by atoms with Gasteiger partial charge < -0.3 is 9.30 Å². The predicted molar refractivity (Wildman–Crippen MR) is 95.5 cm³/mol. The summed E-state index contributed by atoms with van der Waals surface area (Å²) in [5.41, 5.74) is 4.23. The smallest absolute Gasteiger partial charge is 0.342 e. The third-order valence-corrected chi connectivity index (χ3v) is 4.81. The van der Waals surface area contributed by atoms with Crippen LogP contribution < -0.4 is 0 Å². The van der Waals surface area contributed by atoms with Crippen molar-refractivity contribution < 1.29 is 14.3 Å². The van der Waals surface area contributed by atoms with Gasteiger partial charge in [0.1, 0.15) is 5.15 Å². The van der Waals surface area contributed by atoms with Crippen molar-refractivity contribution in [2.75, 3.05) is 6.61 Å². The molecule has 0 amide bonds. The zero-order valence-electron chi connectivity index (χ0n) is 14.9. The Morgan fingerprint density at radius 2 is 1.92 bits per heavy atom. The molecule has 1 aliphatic carbocycles. The molecule has 6 heteroatoms. The highest BCUT2D eigenvalue weighted by molar-refractivity contribution is 6.32. The number of aryl methyl sites for hydroxylation is 3. The Hall–Kier alpha value is -2.14. The molecule has 1 aliphatic rings. The molecule has 5 nitrogen and oxygen atoms in total. The molecule has 0 aliphatic heterocycles. The predicted octanol–water partition coefficient (Wildman–Crippen LogP) is 4.14. The number of Topliss-reactive ketones (excluding diaryl/α,β-unsaturated/α-hetero) is 1. The van der Waals surface area contributed by atoms with Gasteiger partial charge in [0, 0.05) is 28.7 Å². The van der Waals surface area contributed by atoms with Crippen molar-refractivity contribution in [3.05, 3.63) is 51.1 Å². The number of carbonyl (C=O) groups is 2. The zero-order chi connectivity index (χ0) is 18.3. The number of hydrogen-bond acceptors (Lipinski definition) is 4. The maximum atomic E-state index is 12.5. The van der Waals surface area contributed by atoms with Crippen LogP contribution in [0.15, 0.2) is 12.1 Å². The fourth-order valence-electron chi connectivity index (χ4n) is 3.27. The number of carbonyl (C=O) groups excluding carboxylic acids is 2. The largest absolute Gasteiger partial charge is 0.454 e. The highest BCUT2D eigenvalue weighted by Crippen LogP contribution is 2.38. The van der Waals surface area contributed by atoms with E-state index in [1.807, 2.05) is 19.9 Å². The minimum Gasteiger partial charge on any atom is -0.454 e. The number of pyridine rings is 1. The Bertz CT molecular complexity index is 843. The maximum absolute atomic E-state index is 12.5. The van der Waals surface area contributed by atoms with Gasteiger partial charge in [0.05, 0.1) is 5.56 Å². The minimum absolute atomic E-state index is 0.0989. The van der Waals surface area contributed by atoms with E-state index in [1.54, 1.807) is 19.9 Å². The van der Waals surface area contributed by atoms with Crippen molar-refractivity contribution in [1.82, 2.24) is 9.55 Å². The quantitative estimate of drug-likeness (QED) is 0.456. The third-order valence-electron chi connectivity index (χ3n) is 4.54. The molecule has 0 unspecified atom stereocenters. The van der Waals surface area contributed by atoms with Crippen LogP contribution in [0.4, 0.5) is 0 Å². The molecule has 0 saturated heterocycles. The molecule has 0 N–H and O–H groups in total. The van der Waals surface area contributed by atoms with Crippen molar-refractivity contribution in [2.24, 2.45) is 0 Å². The lowest BCUT2D eigenvalue weighted by Crippen LogP contribution is -2.16. The molecular formula is C19H21ClN2O3. The molecule has 0 bridgehead atoms. The zero-order valence-corrected chi connectivity index (χ0v) is 15.6. The van der Waals surface area contributed by atoms with Crippen molar-refractivity contribution in [3.63, 3.8) is 0 Å². The minimum atomic E-state index is -0.626. The lowest BCUT2D eigenvalue weighted by molar-refractivity contribution is 0.0473. The van der Waals surface area contributed by atoms with E-state index in [2.05, 4.69) is 9.55 Å². The Balaban J connectivity index is 1.73. The summed E-state index contributed by atoms with van der Waals surface area (Å²) in [6, 6.07) is 4.13. The van der Waals surface area contributed by atoms with Crippen LogP contribution in [0.25, 0.3) is 0 Å². The Morgan fingerprint density at radius 1 is 1.24 bits per heavy atom. The molecule has 0 atom stereocenters. The first-order chi connectivity index (χ1) is 11.8. The summed E-state index contributed by atoms with van der Waals surface area (Å²) in [4.78, 5) is 28.9. The summed E-state index contributed by atoms with van der Waals surface area (Å²) in [6.07, 6.45) is 2.30. The van der Waals surface area contributed by atoms with E-state index in [9.17, 15) is 9.59 Å². The number of rotatable bonds is 5. The highest BCUT2D eigenvalue weighted by atomic mass is 35.5. The number of esters is 1. The van der Waals surface area contributed by atoms with E-state index in [1.165, 1.54) is 0 Å². The van der Waals surface area contributed by atoms with Gasteiger partial charge in [-0.25, -0.2) is 9.78 Å². The van der Waals surface area contributed by atoms with Crippen LogP contribution in [0, 0.1) is 27.7 Å². The number of ether oxygens (including phenoxy) is 1. The molecule has 0 radical (unpaired) electrons. The lowest BCUT2D eigenvalue weighted by Gasteiger charge is -2.09. The van der Waals surface area contributed by atoms with E-state index < -0.39 is 5.97 Å². The SMILES string of the molecule is Cc1cc(C)c(C(=O)OCC(=O)c2cc(C)n(C3CC3)c2C)c(Cl)n1. The van der Waals surface area contributed by atoms with Crippen molar-refractivity contribution in [2.45, 2.75) is 46.6 Å². The highest BCUT2D eigenvalue weighted by Gasteiger charge is 2.28. The van der Waals surface area contributed by atoms with Gasteiger partial charge in [-0.15, -0.1) is 0 Å². The Morgan fingerprint density at radius 3 is 2.52 bits per heavy atom. The molecule has 1 saturated carbocycles. The summed E-state index contributed by atoms with van der Waals surface area (Å²) in [5.74, 6) is -0.832. The average Bonchev–Trinajstić information content (AvgIpc) is 3.29. The first-order valence-corrected chi connectivity index (χ1v) is 8.70. The summed E-state index contributed by atoms with van der Waals surface area (Å²) >= 11 is 6.05. The summed E-state index contributed by atoms with van der Waals surface area (Å²) < 4.78 is 7.40. The van der Waals surface area contributed by atoms with Gasteiger partial charge in [-0.1, -0.05) is 11.6 Å². The van der Waals surface area contributed by atoms with E-state index in [-0.39, 0.29) is 23.1 Å². The van der Waals surface area contributed by atoms with Gasteiger partial charge >= 0.3 is 5.97 Å². The van der Waals surface area contributed by atoms with Crippen molar-refractivity contribution in [3.8, 4) is 0 Å². The molecule has 2 aromatic heterocycles. The van der Waals surface area contributed by atoms with Crippen molar-refractivity contribution >= 4 is 23.4 Å². The number of halogens is 1. The van der Waals surface area contributed by atoms with Crippen LogP contribution >= 0.6 is 11.6 Å². The van der Waals surface area contributed by atoms with Crippen molar-refractivity contribution in [1.29, 1.82) is 0 Å². The van der Waals surface area contributed by atoms with Gasteiger partial charge in [-0.3, -0.25) is 4.79 Å². The van der Waals surface area contributed by atoms with Crippen LogP contribution in [0.2, 0.25) is 5.15 Å². The number of aromatic nitrogens is 2. The van der Waals surface area contributed by atoms with E-state index in [0.29, 0.717) is 17.2 Å². The van der Waals surface area contributed by atoms with E-state index in [4.69, 9.17) is 16.3 Å².